The molecule has 114 valence electrons. The minimum absolute atomic E-state index is 0.0123. The largest absolute Gasteiger partial charge is 0.481 e. The molecule has 0 saturated heterocycles. The molecule has 21 heavy (non-hydrogen) atoms. The number of thiophene rings is 1. The Bertz CT molecular complexity index is 690. The summed E-state index contributed by atoms with van der Waals surface area (Å²) >= 11 is 0.967. The van der Waals surface area contributed by atoms with Crippen LogP contribution >= 0.6 is 11.3 Å². The minimum atomic E-state index is -3.92. The smallest absolute Gasteiger partial charge is 0.349 e. The number of carbonyl (C=O) groups is 2. The van der Waals surface area contributed by atoms with Crippen molar-refractivity contribution in [3.8, 4) is 0 Å². The predicted octanol–water partition coefficient (Wildman–Crippen LogP) is 0.842. The van der Waals surface area contributed by atoms with Crippen molar-refractivity contribution in [1.82, 2.24) is 4.72 Å². The third-order valence-corrected chi connectivity index (χ3v) is 5.55. The van der Waals surface area contributed by atoms with Gasteiger partial charge in [-0.1, -0.05) is 12.2 Å². The molecule has 0 saturated carbocycles. The second kappa shape index (κ2) is 5.96. The molecule has 2 N–H and O–H groups in total. The summed E-state index contributed by atoms with van der Waals surface area (Å²) in [5.74, 6) is -2.44. The first kappa shape index (κ1) is 15.7. The third-order valence-electron chi connectivity index (χ3n) is 3.00. The Labute approximate surface area is 125 Å². The molecular weight excluding hydrogens is 318 g/mol. The van der Waals surface area contributed by atoms with Crippen LogP contribution in [-0.2, 0) is 19.6 Å². The summed E-state index contributed by atoms with van der Waals surface area (Å²) in [7, 11) is -2.75. The van der Waals surface area contributed by atoms with Crippen LogP contribution in [0.15, 0.2) is 28.5 Å². The van der Waals surface area contributed by atoms with Crippen molar-refractivity contribution in [2.24, 2.45) is 5.92 Å². The van der Waals surface area contributed by atoms with Crippen molar-refractivity contribution >= 4 is 33.3 Å². The number of nitrogens with one attached hydrogen (secondary N) is 1. The van der Waals surface area contributed by atoms with E-state index in [-0.39, 0.29) is 16.2 Å². The molecule has 0 aliphatic heterocycles. The number of aliphatic carboxylic acids is 1. The SMILES string of the molecule is COC(=O)c1sccc1S(=O)(=O)NC1C=CC(C(=O)O)C1. The lowest BCUT2D eigenvalue weighted by Crippen LogP contribution is -2.33. The molecule has 2 unspecified atom stereocenters. The molecule has 0 bridgehead atoms. The van der Waals surface area contributed by atoms with Gasteiger partial charge < -0.3 is 9.84 Å². The quantitative estimate of drug-likeness (QED) is 0.611. The summed E-state index contributed by atoms with van der Waals surface area (Å²) in [5.41, 5.74) is 0. The summed E-state index contributed by atoms with van der Waals surface area (Å²) < 4.78 is 31.5. The molecule has 1 heterocycles. The molecule has 0 fully saturated rings. The molecule has 0 amide bonds. The Morgan fingerprint density at radius 3 is 2.71 bits per heavy atom. The number of rotatable bonds is 5. The molecule has 0 aromatic carbocycles. The van der Waals surface area contributed by atoms with Gasteiger partial charge in [0.25, 0.3) is 0 Å². The first-order valence-corrected chi connectivity index (χ1v) is 8.30. The molecule has 1 aliphatic rings. The average molecular weight is 331 g/mol. The molecule has 7 nitrogen and oxygen atoms in total. The van der Waals surface area contributed by atoms with E-state index in [0.717, 1.165) is 11.3 Å². The van der Waals surface area contributed by atoms with Crippen molar-refractivity contribution in [3.63, 3.8) is 0 Å². The zero-order valence-electron chi connectivity index (χ0n) is 11.0. The maximum Gasteiger partial charge on any atom is 0.349 e. The van der Waals surface area contributed by atoms with E-state index < -0.39 is 33.9 Å². The third kappa shape index (κ3) is 3.31. The van der Waals surface area contributed by atoms with Crippen LogP contribution in [-0.4, -0.2) is 38.6 Å². The van der Waals surface area contributed by atoms with Crippen molar-refractivity contribution < 1.29 is 27.9 Å². The lowest BCUT2D eigenvalue weighted by atomic mass is 10.1. The molecule has 1 aromatic rings. The van der Waals surface area contributed by atoms with E-state index in [4.69, 9.17) is 5.11 Å². The fourth-order valence-electron chi connectivity index (χ4n) is 1.98. The minimum Gasteiger partial charge on any atom is -0.481 e. The second-order valence-corrected chi connectivity index (χ2v) is 7.00. The van der Waals surface area contributed by atoms with Gasteiger partial charge in [-0.3, -0.25) is 4.79 Å². The van der Waals surface area contributed by atoms with Gasteiger partial charge in [-0.2, -0.15) is 0 Å². The Balaban J connectivity index is 2.17. The number of methoxy groups -OCH3 is 1. The van der Waals surface area contributed by atoms with Gasteiger partial charge in [0.2, 0.25) is 10.0 Å². The van der Waals surface area contributed by atoms with E-state index >= 15 is 0 Å². The van der Waals surface area contributed by atoms with Crippen LogP contribution in [0, 0.1) is 5.92 Å². The second-order valence-electron chi connectivity index (χ2n) is 4.40. The Hall–Kier alpha value is -1.71. The first-order valence-electron chi connectivity index (χ1n) is 5.94. The van der Waals surface area contributed by atoms with Gasteiger partial charge in [-0.15, -0.1) is 11.3 Å². The zero-order chi connectivity index (χ0) is 15.6. The highest BCUT2D eigenvalue weighted by molar-refractivity contribution is 7.89. The fourth-order valence-corrected chi connectivity index (χ4v) is 4.52. The van der Waals surface area contributed by atoms with E-state index in [9.17, 15) is 18.0 Å². The van der Waals surface area contributed by atoms with E-state index in [1.54, 1.807) is 0 Å². The van der Waals surface area contributed by atoms with Gasteiger partial charge in [0, 0.05) is 6.04 Å². The molecule has 0 spiro atoms. The Morgan fingerprint density at radius 2 is 2.14 bits per heavy atom. The Kier molecular flexibility index (Phi) is 4.45. The summed E-state index contributed by atoms with van der Waals surface area (Å²) in [6, 6.07) is 0.702. The van der Waals surface area contributed by atoms with Gasteiger partial charge in [0.05, 0.1) is 13.0 Å². The van der Waals surface area contributed by atoms with Gasteiger partial charge in [0.1, 0.15) is 9.77 Å². The maximum atomic E-state index is 12.3. The summed E-state index contributed by atoms with van der Waals surface area (Å²) in [5, 5.41) is 10.4. The molecule has 1 aromatic heterocycles. The monoisotopic (exact) mass is 331 g/mol. The average Bonchev–Trinajstić information content (AvgIpc) is 3.05. The van der Waals surface area contributed by atoms with E-state index in [2.05, 4.69) is 9.46 Å². The van der Waals surface area contributed by atoms with E-state index in [1.165, 1.54) is 30.7 Å². The first-order chi connectivity index (χ1) is 9.85. The lowest BCUT2D eigenvalue weighted by molar-refractivity contribution is -0.140. The Morgan fingerprint density at radius 1 is 1.43 bits per heavy atom. The van der Waals surface area contributed by atoms with Crippen LogP contribution in [0.4, 0.5) is 0 Å². The van der Waals surface area contributed by atoms with Crippen molar-refractivity contribution in [1.29, 1.82) is 0 Å². The number of carboxylic acids is 1. The zero-order valence-corrected chi connectivity index (χ0v) is 12.6. The fraction of sp³-hybridized carbons (Fsp3) is 0.333. The highest BCUT2D eigenvalue weighted by Gasteiger charge is 2.30. The number of hydrogen-bond acceptors (Lipinski definition) is 6. The van der Waals surface area contributed by atoms with E-state index in [0.29, 0.717) is 0 Å². The number of carbonyl (C=O) groups excluding carboxylic acids is 1. The van der Waals surface area contributed by atoms with Gasteiger partial charge in [-0.25, -0.2) is 17.9 Å². The number of esters is 1. The van der Waals surface area contributed by atoms with Gasteiger partial charge >= 0.3 is 11.9 Å². The molecule has 0 radical (unpaired) electrons. The molecule has 2 atom stereocenters. The summed E-state index contributed by atoms with van der Waals surface area (Å²) in [4.78, 5) is 22.2. The van der Waals surface area contributed by atoms with Crippen LogP contribution in [0.5, 0.6) is 0 Å². The predicted molar refractivity (Wildman–Crippen MR) is 74.7 cm³/mol. The van der Waals surface area contributed by atoms with Crippen LogP contribution in [0.3, 0.4) is 0 Å². The molecule has 9 heteroatoms. The molecule has 1 aliphatic carbocycles. The van der Waals surface area contributed by atoms with Crippen molar-refractivity contribution in [2.75, 3.05) is 7.11 Å². The van der Waals surface area contributed by atoms with Crippen LogP contribution in [0.25, 0.3) is 0 Å². The standard InChI is InChI=1S/C12H13NO6S2/c1-19-12(16)10-9(4-5-20-10)21(17,18)13-8-3-2-7(6-8)11(14)15/h2-5,7-8,13H,6H2,1H3,(H,14,15). The maximum absolute atomic E-state index is 12.3. The van der Waals surface area contributed by atoms with Crippen molar-refractivity contribution in [3.05, 3.63) is 28.5 Å². The van der Waals surface area contributed by atoms with Gasteiger partial charge in [0.15, 0.2) is 0 Å². The summed E-state index contributed by atoms with van der Waals surface area (Å²) in [6.45, 7) is 0. The molecular formula is C12H13NO6S2. The van der Waals surface area contributed by atoms with E-state index in [1.807, 2.05) is 0 Å². The number of ether oxygens (including phenoxy) is 1. The van der Waals surface area contributed by atoms with Crippen LogP contribution in [0.2, 0.25) is 0 Å². The number of hydrogen-bond donors (Lipinski definition) is 2. The highest BCUT2D eigenvalue weighted by Crippen LogP contribution is 2.25. The lowest BCUT2D eigenvalue weighted by Gasteiger charge is -2.12. The van der Waals surface area contributed by atoms with Gasteiger partial charge in [-0.05, 0) is 17.9 Å². The van der Waals surface area contributed by atoms with Crippen molar-refractivity contribution in [2.45, 2.75) is 17.4 Å². The molecule has 2 rings (SSSR count). The highest BCUT2D eigenvalue weighted by atomic mass is 32.2. The number of carboxylic acid groups (broad SMARTS) is 1. The normalized spacial score (nSPS) is 21.4. The topological polar surface area (TPSA) is 110 Å². The summed E-state index contributed by atoms with van der Waals surface area (Å²) in [6.07, 6.45) is 3.09. The van der Waals surface area contributed by atoms with Crippen LogP contribution < -0.4 is 4.72 Å². The number of sulfonamides is 1. The van der Waals surface area contributed by atoms with Crippen LogP contribution in [0.1, 0.15) is 16.1 Å².